The quantitative estimate of drug-likeness (QED) is 0.517. The molecule has 28 heavy (non-hydrogen) atoms. The lowest BCUT2D eigenvalue weighted by Crippen LogP contribution is -2.42. The third kappa shape index (κ3) is 3.60. The molecule has 3 aromatic carbocycles. The number of rotatable bonds is 5. The van der Waals surface area contributed by atoms with Gasteiger partial charge in [-0.05, 0) is 50.2 Å². The van der Waals surface area contributed by atoms with Gasteiger partial charge in [-0.3, -0.25) is 4.79 Å². The molecule has 5 nitrogen and oxygen atoms in total. The van der Waals surface area contributed by atoms with Crippen LogP contribution in [0.2, 0.25) is 0 Å². The van der Waals surface area contributed by atoms with E-state index in [1.54, 1.807) is 13.8 Å². The number of aromatic nitrogens is 1. The molecule has 4 aromatic rings. The third-order valence-corrected chi connectivity index (χ3v) is 4.36. The SMILES string of the molecule is CC(C)(Oc1ccccc1)C(=O)Nc1ccccc1-c1nc2ccccc2o1. The fourth-order valence-electron chi connectivity index (χ4n) is 2.87. The minimum Gasteiger partial charge on any atom is -0.478 e. The van der Waals surface area contributed by atoms with Crippen LogP contribution in [0.1, 0.15) is 13.8 Å². The normalized spacial score (nSPS) is 11.4. The summed E-state index contributed by atoms with van der Waals surface area (Å²) < 4.78 is 11.7. The van der Waals surface area contributed by atoms with E-state index >= 15 is 0 Å². The number of carbonyl (C=O) groups excluding carboxylic acids is 1. The maximum atomic E-state index is 12.9. The van der Waals surface area contributed by atoms with Gasteiger partial charge in [0.1, 0.15) is 11.3 Å². The maximum absolute atomic E-state index is 12.9. The van der Waals surface area contributed by atoms with Crippen molar-refractivity contribution in [3.8, 4) is 17.2 Å². The molecule has 0 saturated heterocycles. The van der Waals surface area contributed by atoms with Crippen LogP contribution in [0.15, 0.2) is 83.3 Å². The van der Waals surface area contributed by atoms with Gasteiger partial charge in [-0.1, -0.05) is 42.5 Å². The largest absolute Gasteiger partial charge is 0.478 e. The monoisotopic (exact) mass is 372 g/mol. The molecule has 0 aliphatic carbocycles. The second-order valence-electron chi connectivity index (χ2n) is 6.91. The molecule has 0 fully saturated rings. The molecule has 0 unspecified atom stereocenters. The molecular weight excluding hydrogens is 352 g/mol. The fourth-order valence-corrected chi connectivity index (χ4v) is 2.87. The van der Waals surface area contributed by atoms with Gasteiger partial charge in [0.15, 0.2) is 11.2 Å². The highest BCUT2D eigenvalue weighted by molar-refractivity contribution is 5.99. The first-order valence-electron chi connectivity index (χ1n) is 9.03. The standard InChI is InChI=1S/C23H20N2O3/c1-23(2,28-16-10-4-3-5-11-16)22(26)25-18-13-7-6-12-17(18)21-24-19-14-8-9-15-20(19)27-21/h3-15H,1-2H3,(H,25,26). The van der Waals surface area contributed by atoms with Crippen LogP contribution in [0.3, 0.4) is 0 Å². The molecule has 0 atom stereocenters. The average Bonchev–Trinajstić information content (AvgIpc) is 3.13. The molecule has 0 saturated carbocycles. The topological polar surface area (TPSA) is 64.4 Å². The van der Waals surface area contributed by atoms with Crippen molar-refractivity contribution in [1.82, 2.24) is 4.98 Å². The highest BCUT2D eigenvalue weighted by Crippen LogP contribution is 2.31. The number of fused-ring (bicyclic) bond motifs is 1. The summed E-state index contributed by atoms with van der Waals surface area (Å²) in [4.78, 5) is 17.4. The van der Waals surface area contributed by atoms with Gasteiger partial charge >= 0.3 is 0 Å². The zero-order valence-electron chi connectivity index (χ0n) is 15.7. The van der Waals surface area contributed by atoms with Crippen LogP contribution in [0, 0.1) is 0 Å². The highest BCUT2D eigenvalue weighted by Gasteiger charge is 2.30. The minimum atomic E-state index is -1.06. The second kappa shape index (κ2) is 7.19. The number of benzene rings is 3. The van der Waals surface area contributed by atoms with Crippen molar-refractivity contribution in [3.63, 3.8) is 0 Å². The van der Waals surface area contributed by atoms with E-state index in [1.807, 2.05) is 78.9 Å². The second-order valence-corrected chi connectivity index (χ2v) is 6.91. The third-order valence-electron chi connectivity index (χ3n) is 4.36. The van der Waals surface area contributed by atoms with Crippen LogP contribution >= 0.6 is 0 Å². The van der Waals surface area contributed by atoms with Gasteiger partial charge in [0.25, 0.3) is 5.91 Å². The van der Waals surface area contributed by atoms with E-state index in [1.165, 1.54) is 0 Å². The van der Waals surface area contributed by atoms with Crippen molar-refractivity contribution in [2.45, 2.75) is 19.4 Å². The number of para-hydroxylation sites is 4. The number of anilines is 1. The fraction of sp³-hybridized carbons (Fsp3) is 0.130. The average molecular weight is 372 g/mol. The lowest BCUT2D eigenvalue weighted by molar-refractivity contribution is -0.128. The number of hydrogen-bond donors (Lipinski definition) is 1. The first-order chi connectivity index (χ1) is 13.5. The molecule has 4 rings (SSSR count). The summed E-state index contributed by atoms with van der Waals surface area (Å²) in [5.74, 6) is 0.827. The molecule has 1 heterocycles. The van der Waals surface area contributed by atoms with Gasteiger partial charge in [0, 0.05) is 0 Å². The van der Waals surface area contributed by atoms with Gasteiger partial charge < -0.3 is 14.5 Å². The number of oxazole rings is 1. The summed E-state index contributed by atoms with van der Waals surface area (Å²) in [5.41, 5.74) is 1.74. The molecule has 0 spiro atoms. The van der Waals surface area contributed by atoms with Gasteiger partial charge in [-0.2, -0.15) is 0 Å². The molecule has 1 aromatic heterocycles. The lowest BCUT2D eigenvalue weighted by Gasteiger charge is -2.25. The number of hydrogen-bond acceptors (Lipinski definition) is 4. The van der Waals surface area contributed by atoms with E-state index in [2.05, 4.69) is 10.3 Å². The van der Waals surface area contributed by atoms with Crippen molar-refractivity contribution >= 4 is 22.7 Å². The number of carbonyl (C=O) groups is 1. The van der Waals surface area contributed by atoms with Crippen LogP contribution in [0.5, 0.6) is 5.75 Å². The molecule has 0 radical (unpaired) electrons. The van der Waals surface area contributed by atoms with E-state index in [0.29, 0.717) is 28.5 Å². The molecule has 1 N–H and O–H groups in total. The van der Waals surface area contributed by atoms with E-state index in [0.717, 1.165) is 5.52 Å². The van der Waals surface area contributed by atoms with Crippen molar-refractivity contribution in [2.24, 2.45) is 0 Å². The van der Waals surface area contributed by atoms with Crippen molar-refractivity contribution in [3.05, 3.63) is 78.9 Å². The lowest BCUT2D eigenvalue weighted by atomic mass is 10.1. The molecule has 0 bridgehead atoms. The summed E-state index contributed by atoms with van der Waals surface area (Å²) >= 11 is 0. The molecule has 140 valence electrons. The Balaban J connectivity index is 1.60. The molecular formula is C23H20N2O3. The molecule has 0 aliphatic heterocycles. The zero-order valence-corrected chi connectivity index (χ0v) is 15.7. The van der Waals surface area contributed by atoms with Gasteiger partial charge in [-0.15, -0.1) is 0 Å². The Labute approximate surface area is 163 Å². The molecule has 1 amide bonds. The van der Waals surface area contributed by atoms with Crippen LogP contribution in [-0.4, -0.2) is 16.5 Å². The summed E-state index contributed by atoms with van der Waals surface area (Å²) in [6.45, 7) is 3.47. The van der Waals surface area contributed by atoms with Crippen LogP contribution in [0.4, 0.5) is 5.69 Å². The number of nitrogens with zero attached hydrogens (tertiary/aromatic N) is 1. The van der Waals surface area contributed by atoms with Crippen molar-refractivity contribution in [1.29, 1.82) is 0 Å². The predicted molar refractivity (Wildman–Crippen MR) is 109 cm³/mol. The van der Waals surface area contributed by atoms with Gasteiger partial charge in [-0.25, -0.2) is 4.98 Å². The highest BCUT2D eigenvalue weighted by atomic mass is 16.5. The predicted octanol–water partition coefficient (Wildman–Crippen LogP) is 5.29. The van der Waals surface area contributed by atoms with Crippen molar-refractivity contribution in [2.75, 3.05) is 5.32 Å². The Morgan fingerprint density at radius 1 is 0.929 bits per heavy atom. The van der Waals surface area contributed by atoms with E-state index < -0.39 is 5.60 Å². The van der Waals surface area contributed by atoms with Gasteiger partial charge in [0.05, 0.1) is 11.3 Å². The number of amides is 1. The van der Waals surface area contributed by atoms with Crippen LogP contribution < -0.4 is 10.1 Å². The Kier molecular flexibility index (Phi) is 4.57. The summed E-state index contributed by atoms with van der Waals surface area (Å²) in [6, 6.07) is 24.3. The van der Waals surface area contributed by atoms with E-state index in [-0.39, 0.29) is 5.91 Å². The maximum Gasteiger partial charge on any atom is 0.267 e. The Bertz CT molecular complexity index is 1080. The summed E-state index contributed by atoms with van der Waals surface area (Å²) in [5, 5.41) is 2.95. The number of ether oxygens (including phenoxy) is 1. The van der Waals surface area contributed by atoms with Crippen LogP contribution in [0.25, 0.3) is 22.6 Å². The van der Waals surface area contributed by atoms with Gasteiger partial charge in [0.2, 0.25) is 5.89 Å². The van der Waals surface area contributed by atoms with Crippen LogP contribution in [-0.2, 0) is 4.79 Å². The van der Waals surface area contributed by atoms with Crippen molar-refractivity contribution < 1.29 is 13.9 Å². The smallest absolute Gasteiger partial charge is 0.267 e. The molecule has 5 heteroatoms. The summed E-state index contributed by atoms with van der Waals surface area (Å²) in [7, 11) is 0. The Morgan fingerprint density at radius 2 is 1.61 bits per heavy atom. The number of nitrogens with one attached hydrogen (secondary N) is 1. The first-order valence-corrected chi connectivity index (χ1v) is 9.03. The van der Waals surface area contributed by atoms with E-state index in [9.17, 15) is 4.79 Å². The summed E-state index contributed by atoms with van der Waals surface area (Å²) in [6.07, 6.45) is 0. The first kappa shape index (κ1) is 17.8. The molecule has 0 aliphatic rings. The van der Waals surface area contributed by atoms with E-state index in [4.69, 9.17) is 9.15 Å². The zero-order chi connectivity index (χ0) is 19.6. The minimum absolute atomic E-state index is 0.264. The Hall–Kier alpha value is -3.60. The Morgan fingerprint density at radius 3 is 2.39 bits per heavy atom.